The number of ether oxygens (including phenoxy) is 1. The van der Waals surface area contributed by atoms with Gasteiger partial charge in [-0.3, -0.25) is 4.79 Å². The summed E-state index contributed by atoms with van der Waals surface area (Å²) in [7, 11) is 1.42. The molecule has 0 spiro atoms. The van der Waals surface area contributed by atoms with Crippen molar-refractivity contribution in [3.05, 3.63) is 57.2 Å². The number of hydrogen-bond acceptors (Lipinski definition) is 4. The van der Waals surface area contributed by atoms with Gasteiger partial charge in [-0.25, -0.2) is 9.69 Å². The van der Waals surface area contributed by atoms with Crippen LogP contribution in [-0.2, 0) is 4.79 Å². The highest BCUT2D eigenvalue weighted by Gasteiger charge is 2.35. The van der Waals surface area contributed by atoms with Gasteiger partial charge in [-0.15, -0.1) is 0 Å². The van der Waals surface area contributed by atoms with Gasteiger partial charge in [0.15, 0.2) is 11.5 Å². The maximum atomic E-state index is 12.6. The van der Waals surface area contributed by atoms with Crippen LogP contribution in [0.3, 0.4) is 0 Å². The standard InChI is InChI=1S/C17H12BrClN2O4/c1-25-14-8-10(18)6-9(15(14)22)7-13-16(23)21(17(24)20-13)12-4-2-11(19)3-5-12/h2-8,22H,1H3,(H,20,24)/b13-7+. The Bertz CT molecular complexity index is 896. The van der Waals surface area contributed by atoms with Crippen LogP contribution >= 0.6 is 27.5 Å². The minimum atomic E-state index is -0.583. The van der Waals surface area contributed by atoms with Crippen molar-refractivity contribution in [2.75, 3.05) is 12.0 Å². The molecule has 0 atom stereocenters. The number of methoxy groups -OCH3 is 1. The fraction of sp³-hybridized carbons (Fsp3) is 0.0588. The zero-order valence-electron chi connectivity index (χ0n) is 12.9. The van der Waals surface area contributed by atoms with Gasteiger partial charge in [-0.1, -0.05) is 27.5 Å². The zero-order valence-corrected chi connectivity index (χ0v) is 15.3. The maximum absolute atomic E-state index is 12.6. The van der Waals surface area contributed by atoms with E-state index in [0.717, 1.165) is 4.90 Å². The van der Waals surface area contributed by atoms with Gasteiger partial charge in [0.2, 0.25) is 0 Å². The van der Waals surface area contributed by atoms with E-state index in [0.29, 0.717) is 20.7 Å². The predicted molar refractivity (Wildman–Crippen MR) is 97.8 cm³/mol. The molecule has 2 aromatic carbocycles. The Morgan fingerprint density at radius 3 is 2.56 bits per heavy atom. The van der Waals surface area contributed by atoms with Crippen LogP contribution in [0, 0.1) is 0 Å². The van der Waals surface area contributed by atoms with Crippen LogP contribution in [0.4, 0.5) is 10.5 Å². The van der Waals surface area contributed by atoms with Gasteiger partial charge in [0.05, 0.1) is 12.8 Å². The van der Waals surface area contributed by atoms with Crippen molar-refractivity contribution in [1.82, 2.24) is 5.32 Å². The molecule has 8 heteroatoms. The van der Waals surface area contributed by atoms with Gasteiger partial charge in [0.1, 0.15) is 5.70 Å². The van der Waals surface area contributed by atoms with Crippen LogP contribution < -0.4 is 15.0 Å². The number of phenols is 1. The Labute approximate surface area is 156 Å². The molecule has 0 bridgehead atoms. The number of urea groups is 1. The highest BCUT2D eigenvalue weighted by atomic mass is 79.9. The normalized spacial score (nSPS) is 15.6. The second kappa shape index (κ2) is 6.78. The van der Waals surface area contributed by atoms with Crippen LogP contribution in [0.2, 0.25) is 5.02 Å². The van der Waals surface area contributed by atoms with Crippen molar-refractivity contribution < 1.29 is 19.4 Å². The quantitative estimate of drug-likeness (QED) is 0.579. The van der Waals surface area contributed by atoms with Crippen molar-refractivity contribution >= 4 is 51.2 Å². The van der Waals surface area contributed by atoms with Crippen LogP contribution in [0.5, 0.6) is 11.5 Å². The summed E-state index contributed by atoms with van der Waals surface area (Å²) < 4.78 is 5.73. The number of nitrogens with one attached hydrogen (secondary N) is 1. The predicted octanol–water partition coefficient (Wildman–Crippen LogP) is 3.91. The first kappa shape index (κ1) is 17.3. The number of carbonyl (C=O) groups is 2. The number of benzene rings is 2. The average molecular weight is 424 g/mol. The molecule has 128 valence electrons. The number of nitrogens with zero attached hydrogens (tertiary/aromatic N) is 1. The van der Waals surface area contributed by atoms with Gasteiger partial charge in [0.25, 0.3) is 5.91 Å². The number of aromatic hydroxyl groups is 1. The van der Waals surface area contributed by atoms with Crippen LogP contribution in [0.25, 0.3) is 6.08 Å². The molecule has 0 aromatic heterocycles. The molecule has 1 fully saturated rings. The van der Waals surface area contributed by atoms with Crippen molar-refractivity contribution in [2.45, 2.75) is 0 Å². The summed E-state index contributed by atoms with van der Waals surface area (Å²) in [4.78, 5) is 25.7. The lowest BCUT2D eigenvalue weighted by molar-refractivity contribution is -0.113. The molecule has 2 aromatic rings. The molecule has 3 rings (SSSR count). The lowest BCUT2D eigenvalue weighted by Crippen LogP contribution is -2.30. The highest BCUT2D eigenvalue weighted by molar-refractivity contribution is 9.10. The summed E-state index contributed by atoms with van der Waals surface area (Å²) in [5.41, 5.74) is 0.759. The first-order valence-corrected chi connectivity index (χ1v) is 8.27. The molecule has 2 N–H and O–H groups in total. The lowest BCUT2D eigenvalue weighted by atomic mass is 10.1. The first-order chi connectivity index (χ1) is 11.9. The Hall–Kier alpha value is -2.51. The second-order valence-electron chi connectivity index (χ2n) is 5.15. The fourth-order valence-corrected chi connectivity index (χ4v) is 2.96. The van der Waals surface area contributed by atoms with E-state index >= 15 is 0 Å². The number of amides is 3. The fourth-order valence-electron chi connectivity index (χ4n) is 2.38. The third kappa shape index (κ3) is 3.33. The molecule has 6 nitrogen and oxygen atoms in total. The number of hydrogen-bond donors (Lipinski definition) is 2. The largest absolute Gasteiger partial charge is 0.504 e. The van der Waals surface area contributed by atoms with E-state index in [1.54, 1.807) is 36.4 Å². The minimum absolute atomic E-state index is 0.0374. The molecule has 25 heavy (non-hydrogen) atoms. The monoisotopic (exact) mass is 422 g/mol. The summed E-state index contributed by atoms with van der Waals surface area (Å²) in [6.45, 7) is 0. The second-order valence-corrected chi connectivity index (χ2v) is 6.50. The number of anilines is 1. The summed E-state index contributed by atoms with van der Waals surface area (Å²) in [6.07, 6.45) is 1.39. The number of rotatable bonds is 3. The molecule has 3 amide bonds. The first-order valence-electron chi connectivity index (χ1n) is 7.10. The van der Waals surface area contributed by atoms with E-state index in [1.165, 1.54) is 13.2 Å². The lowest BCUT2D eigenvalue weighted by Gasteiger charge is -2.11. The van der Waals surface area contributed by atoms with Crippen molar-refractivity contribution in [3.8, 4) is 11.5 Å². The van der Waals surface area contributed by atoms with Crippen molar-refractivity contribution in [1.29, 1.82) is 0 Å². The van der Waals surface area contributed by atoms with Crippen molar-refractivity contribution in [2.24, 2.45) is 0 Å². The summed E-state index contributed by atoms with van der Waals surface area (Å²) >= 11 is 9.13. The Morgan fingerprint density at radius 1 is 1.24 bits per heavy atom. The molecule has 1 heterocycles. The van der Waals surface area contributed by atoms with Crippen LogP contribution in [-0.4, -0.2) is 24.2 Å². The van der Waals surface area contributed by atoms with E-state index in [2.05, 4.69) is 21.2 Å². The molecule has 0 radical (unpaired) electrons. The number of phenolic OH excluding ortho intramolecular Hbond substituents is 1. The van der Waals surface area contributed by atoms with Gasteiger partial charge in [-0.05, 0) is 42.5 Å². The van der Waals surface area contributed by atoms with E-state index in [-0.39, 0.29) is 17.2 Å². The maximum Gasteiger partial charge on any atom is 0.333 e. The summed E-state index contributed by atoms with van der Waals surface area (Å²) in [5.74, 6) is -0.427. The summed E-state index contributed by atoms with van der Waals surface area (Å²) in [5, 5.41) is 13.2. The Morgan fingerprint density at radius 2 is 1.92 bits per heavy atom. The van der Waals surface area contributed by atoms with Gasteiger partial charge >= 0.3 is 6.03 Å². The molecule has 1 saturated heterocycles. The van der Waals surface area contributed by atoms with Crippen molar-refractivity contribution in [3.63, 3.8) is 0 Å². The highest BCUT2D eigenvalue weighted by Crippen LogP contribution is 2.35. The molecular formula is C17H12BrClN2O4. The van der Waals surface area contributed by atoms with E-state index < -0.39 is 11.9 Å². The molecule has 0 saturated carbocycles. The minimum Gasteiger partial charge on any atom is -0.504 e. The average Bonchev–Trinajstić information content (AvgIpc) is 2.85. The van der Waals surface area contributed by atoms with E-state index in [1.807, 2.05) is 0 Å². The van der Waals surface area contributed by atoms with Crippen LogP contribution in [0.1, 0.15) is 5.56 Å². The van der Waals surface area contributed by atoms with Gasteiger partial charge < -0.3 is 15.2 Å². The zero-order chi connectivity index (χ0) is 18.1. The Balaban J connectivity index is 1.99. The SMILES string of the molecule is COc1cc(Br)cc(/C=C2/NC(=O)N(c3ccc(Cl)cc3)C2=O)c1O. The molecule has 1 aliphatic heterocycles. The van der Waals surface area contributed by atoms with Crippen LogP contribution in [0.15, 0.2) is 46.6 Å². The van der Waals surface area contributed by atoms with E-state index in [4.69, 9.17) is 16.3 Å². The smallest absolute Gasteiger partial charge is 0.333 e. The van der Waals surface area contributed by atoms with E-state index in [9.17, 15) is 14.7 Å². The Kier molecular flexibility index (Phi) is 4.69. The third-order valence-corrected chi connectivity index (χ3v) is 4.26. The molecular weight excluding hydrogens is 412 g/mol. The number of halogens is 2. The van der Waals surface area contributed by atoms with Gasteiger partial charge in [-0.2, -0.15) is 0 Å². The topological polar surface area (TPSA) is 78.9 Å². The molecule has 1 aliphatic rings. The third-order valence-electron chi connectivity index (χ3n) is 3.55. The summed E-state index contributed by atoms with van der Waals surface area (Å²) in [6, 6.07) is 8.93. The molecule has 0 aliphatic carbocycles. The van der Waals surface area contributed by atoms with Gasteiger partial charge in [0, 0.05) is 15.1 Å². The molecule has 0 unspecified atom stereocenters. The number of imide groups is 1. The number of carbonyl (C=O) groups excluding carboxylic acids is 2.